The number of nitrogens with two attached hydrogens (primary N) is 2. The molecule has 5 aromatic rings. The number of halogens is 1. The van der Waals surface area contributed by atoms with Crippen LogP contribution in [0.5, 0.6) is 11.5 Å². The highest BCUT2D eigenvalue weighted by molar-refractivity contribution is 6.30. The van der Waals surface area contributed by atoms with Crippen LogP contribution in [0.15, 0.2) is 97.1 Å². The van der Waals surface area contributed by atoms with Crippen LogP contribution in [-0.4, -0.2) is 61.7 Å². The lowest BCUT2D eigenvalue weighted by atomic mass is 9.89. The van der Waals surface area contributed by atoms with Gasteiger partial charge in [-0.1, -0.05) is 112 Å². The summed E-state index contributed by atoms with van der Waals surface area (Å²) in [7, 11) is 0. The minimum Gasteiger partial charge on any atom is -0.493 e. The molecule has 0 aliphatic carbocycles. The van der Waals surface area contributed by atoms with Crippen LogP contribution in [0, 0.1) is 23.7 Å². The van der Waals surface area contributed by atoms with E-state index in [0.29, 0.717) is 62.1 Å². The maximum atomic E-state index is 14.3. The van der Waals surface area contributed by atoms with E-state index in [1.165, 1.54) is 0 Å². The highest BCUT2D eigenvalue weighted by Gasteiger charge is 2.32. The van der Waals surface area contributed by atoms with Crippen molar-refractivity contribution in [1.29, 1.82) is 0 Å². The number of unbranched alkanes of at least 4 members (excludes halogenated alkanes) is 1. The van der Waals surface area contributed by atoms with Crippen molar-refractivity contribution < 1.29 is 44.1 Å². The van der Waals surface area contributed by atoms with Crippen LogP contribution in [-0.2, 0) is 30.5 Å². The summed E-state index contributed by atoms with van der Waals surface area (Å²) in [6.45, 7) is 9.59. The number of ether oxygens (including phenoxy) is 3. The van der Waals surface area contributed by atoms with Gasteiger partial charge in [0.15, 0.2) is 11.6 Å². The third-order valence-electron chi connectivity index (χ3n) is 11.8. The Morgan fingerprint density at radius 1 is 0.716 bits per heavy atom. The van der Waals surface area contributed by atoms with E-state index in [1.54, 1.807) is 18.2 Å². The molecule has 0 radical (unpaired) electrons. The molecule has 0 heterocycles. The van der Waals surface area contributed by atoms with E-state index in [9.17, 15) is 19.2 Å². The van der Waals surface area contributed by atoms with Crippen molar-refractivity contribution >= 4 is 62.5 Å². The molecular formula is C54H70ClN5O7+2. The first-order valence-electron chi connectivity index (χ1n) is 23.7. The molecule has 9 N–H and O–H groups in total. The molecule has 0 fully saturated rings. The molecule has 1 amide bonds. The number of carbonyl (C=O) groups is 4. The van der Waals surface area contributed by atoms with E-state index in [0.717, 1.165) is 56.8 Å². The molecule has 0 aromatic heterocycles. The number of quaternary nitrogens is 1. The molecule has 3 atom stereocenters. The second kappa shape index (κ2) is 26.4. The van der Waals surface area contributed by atoms with Gasteiger partial charge in [-0.2, -0.15) is 0 Å². The number of amides is 1. The van der Waals surface area contributed by atoms with Crippen LogP contribution in [0.1, 0.15) is 91.0 Å². The number of ketones is 2. The predicted octanol–water partition coefficient (Wildman–Crippen LogP) is 7.09. The fraction of sp³-hybridized carbons (Fsp3) is 0.426. The van der Waals surface area contributed by atoms with Gasteiger partial charge < -0.3 is 25.3 Å². The summed E-state index contributed by atoms with van der Waals surface area (Å²) in [6, 6.07) is 30.3. The van der Waals surface area contributed by atoms with Gasteiger partial charge in [0.25, 0.3) is 0 Å². The Labute approximate surface area is 400 Å². The molecule has 358 valence electrons. The lowest BCUT2D eigenvalue weighted by molar-refractivity contribution is -0.459. The van der Waals surface area contributed by atoms with Gasteiger partial charge in [0.2, 0.25) is 5.91 Å². The van der Waals surface area contributed by atoms with Crippen LogP contribution < -0.4 is 37.0 Å². The lowest BCUT2D eigenvalue weighted by Gasteiger charge is -2.24. The van der Waals surface area contributed by atoms with Crippen molar-refractivity contribution in [3.63, 3.8) is 0 Å². The highest BCUT2D eigenvalue weighted by Crippen LogP contribution is 2.45. The molecule has 0 unspecified atom stereocenters. The number of esters is 1. The Morgan fingerprint density at radius 2 is 1.37 bits per heavy atom. The van der Waals surface area contributed by atoms with E-state index >= 15 is 0 Å². The minimum atomic E-state index is -0.941. The average molecular weight is 937 g/mol. The zero-order chi connectivity index (χ0) is 48.3. The fourth-order valence-corrected chi connectivity index (χ4v) is 8.52. The van der Waals surface area contributed by atoms with Gasteiger partial charge in [0.05, 0.1) is 31.7 Å². The Hall–Kier alpha value is -5.98. The van der Waals surface area contributed by atoms with Gasteiger partial charge in [-0.15, -0.1) is 0 Å². The third-order valence-corrected chi connectivity index (χ3v) is 12.0. The van der Waals surface area contributed by atoms with Crippen molar-refractivity contribution in [3.05, 3.63) is 108 Å². The molecule has 0 aliphatic heterocycles. The molecule has 13 heteroatoms. The Morgan fingerprint density at radius 3 is 1.99 bits per heavy atom. The topological polar surface area (TPSA) is 202 Å². The normalized spacial score (nSPS) is 12.7. The standard InChI is InChI=1S/C54H68ClN5O7/c1-35(2)25-28-65-48-23-21-38-14-5-7-18-44(38)50(48)51-45-19-8-6-15-39(45)22-24-49(51)66-34-43(61)31-40(16-9-10-26-56)52(63)60-46(20-12-27-59-54(57)58)47(62)32-41(29-36(3)4)53(64)67-33-37-13-11-17-42(55)30-37/h5-8,11,13-15,17-19,21-24,30,35-36,40-41,46H,9-10,12,16,20,25-29,31-34,56H2,1-4H3,(H,60,63)(H4,57,58,59)/p+2/t40-,41+,46+/m0/s1. The van der Waals surface area contributed by atoms with Crippen molar-refractivity contribution in [3.8, 4) is 22.6 Å². The number of rotatable bonds is 28. The van der Waals surface area contributed by atoms with Gasteiger partial charge in [-0.05, 0) is 108 Å². The Balaban J connectivity index is 1.37. The molecule has 0 spiro atoms. The van der Waals surface area contributed by atoms with Gasteiger partial charge >= 0.3 is 11.9 Å². The van der Waals surface area contributed by atoms with Gasteiger partial charge in [-0.3, -0.25) is 35.6 Å². The molecule has 0 bridgehead atoms. The number of Topliss-reactive ketones (excluding diaryl/α,β-unsaturated/α-hetero) is 2. The van der Waals surface area contributed by atoms with Crippen LogP contribution in [0.3, 0.4) is 0 Å². The minimum absolute atomic E-state index is 0.0109. The molecule has 0 saturated heterocycles. The molecule has 67 heavy (non-hydrogen) atoms. The largest absolute Gasteiger partial charge is 0.493 e. The summed E-state index contributed by atoms with van der Waals surface area (Å²) in [5.41, 5.74) is 17.7. The monoisotopic (exact) mass is 935 g/mol. The number of nitrogens with one attached hydrogen (secondary N) is 2. The third kappa shape index (κ3) is 16.1. The van der Waals surface area contributed by atoms with E-state index in [2.05, 4.69) is 48.1 Å². The maximum Gasteiger partial charge on any atom is 0.338 e. The highest BCUT2D eigenvalue weighted by atomic mass is 35.5. The number of hydrogen-bond donors (Lipinski definition) is 5. The Kier molecular flexibility index (Phi) is 20.5. The first-order valence-corrected chi connectivity index (χ1v) is 24.1. The first-order chi connectivity index (χ1) is 32.2. The zero-order valence-corrected chi connectivity index (χ0v) is 40.4. The first kappa shape index (κ1) is 52.0. The number of fused-ring (bicyclic) bond motifs is 2. The average Bonchev–Trinajstić information content (AvgIpc) is 3.30. The summed E-state index contributed by atoms with van der Waals surface area (Å²) in [4.78, 5) is 58.9. The summed E-state index contributed by atoms with van der Waals surface area (Å²) >= 11 is 6.15. The molecule has 12 nitrogen and oxygen atoms in total. The number of hydrogen-bond acceptors (Lipinski definition) is 7. The van der Waals surface area contributed by atoms with Crippen molar-refractivity contribution in [2.24, 2.45) is 35.1 Å². The SMILES string of the molecule is CC(C)CCOc1ccc2ccccc2c1-c1c(OCC(=O)C[C@H](CCCC[NH3+])C(=O)N[C@H](CCC[NH+]=C(N)N)C(=O)C[C@@H](CC(C)C)C(=O)OCc2cccc(Cl)c2)ccc2ccccc12. The molecule has 5 aromatic carbocycles. The zero-order valence-electron chi connectivity index (χ0n) is 39.6. The van der Waals surface area contributed by atoms with Gasteiger partial charge in [0, 0.05) is 34.9 Å². The molecule has 0 aliphatic rings. The summed E-state index contributed by atoms with van der Waals surface area (Å²) in [5.74, 6) is -1.12. The summed E-state index contributed by atoms with van der Waals surface area (Å²) in [5, 5.41) is 7.51. The number of benzene rings is 5. The van der Waals surface area contributed by atoms with Crippen LogP contribution in [0.4, 0.5) is 0 Å². The van der Waals surface area contributed by atoms with Gasteiger partial charge in [-0.25, -0.2) is 0 Å². The van der Waals surface area contributed by atoms with Crippen molar-refractivity contribution in [1.82, 2.24) is 5.32 Å². The second-order valence-corrected chi connectivity index (χ2v) is 18.7. The molecule has 0 saturated carbocycles. The van der Waals surface area contributed by atoms with E-state index in [4.69, 9.17) is 37.3 Å². The second-order valence-electron chi connectivity index (χ2n) is 18.2. The maximum absolute atomic E-state index is 14.3. The quantitative estimate of drug-likeness (QED) is 0.0150. The van der Waals surface area contributed by atoms with Crippen LogP contribution in [0.2, 0.25) is 5.02 Å². The molecule has 5 rings (SSSR count). The predicted molar refractivity (Wildman–Crippen MR) is 266 cm³/mol. The van der Waals surface area contributed by atoms with Crippen molar-refractivity contribution in [2.45, 2.75) is 98.1 Å². The van der Waals surface area contributed by atoms with Gasteiger partial charge in [0.1, 0.15) is 24.7 Å². The molecular weight excluding hydrogens is 866 g/mol. The fourth-order valence-electron chi connectivity index (χ4n) is 8.31. The van der Waals surface area contributed by atoms with Crippen molar-refractivity contribution in [2.75, 3.05) is 26.3 Å². The summed E-state index contributed by atoms with van der Waals surface area (Å²) in [6.07, 6.45) is 3.59. The summed E-state index contributed by atoms with van der Waals surface area (Å²) < 4.78 is 18.7. The smallest absolute Gasteiger partial charge is 0.338 e. The van der Waals surface area contributed by atoms with E-state index in [-0.39, 0.29) is 55.9 Å². The van der Waals surface area contributed by atoms with Crippen LogP contribution >= 0.6 is 11.6 Å². The number of guanidine groups is 1. The van der Waals surface area contributed by atoms with E-state index in [1.807, 2.05) is 74.5 Å². The van der Waals surface area contributed by atoms with E-state index < -0.39 is 29.8 Å². The number of carbonyl (C=O) groups excluding carboxylic acids is 4. The Bertz CT molecular complexity index is 2470. The van der Waals surface area contributed by atoms with Crippen LogP contribution in [0.25, 0.3) is 32.7 Å². The lowest BCUT2D eigenvalue weighted by Crippen LogP contribution is -2.78.